The number of carbonyl (C=O) groups excluding carboxylic acids is 2. The zero-order chi connectivity index (χ0) is 11.5. The number of ketones is 1. The van der Waals surface area contributed by atoms with Gasteiger partial charge in [-0.3, -0.25) is 14.6 Å². The van der Waals surface area contributed by atoms with Crippen molar-refractivity contribution in [3.05, 3.63) is 29.8 Å². The fraction of sp³-hybridized carbons (Fsp3) is 0.250. The molecule has 0 saturated heterocycles. The second-order valence-electron chi connectivity index (χ2n) is 3.39. The molecule has 1 aromatic carbocycles. The van der Waals surface area contributed by atoms with Crippen LogP contribution in [0.4, 0.5) is 5.69 Å². The van der Waals surface area contributed by atoms with E-state index in [2.05, 4.69) is 4.99 Å². The van der Waals surface area contributed by atoms with E-state index in [1.807, 2.05) is 0 Å². The molecule has 0 aromatic heterocycles. The van der Waals surface area contributed by atoms with Crippen molar-refractivity contribution in [3.8, 4) is 0 Å². The van der Waals surface area contributed by atoms with Crippen molar-refractivity contribution in [3.63, 3.8) is 0 Å². The summed E-state index contributed by atoms with van der Waals surface area (Å²) >= 11 is 0. The Labute approximate surface area is 92.9 Å². The van der Waals surface area contributed by atoms with E-state index in [1.54, 1.807) is 31.2 Å². The second kappa shape index (κ2) is 4.26. The zero-order valence-electron chi connectivity index (χ0n) is 8.84. The van der Waals surface area contributed by atoms with Gasteiger partial charge in [-0.1, -0.05) is 12.1 Å². The number of hydrogen-bond donors (Lipinski definition) is 0. The van der Waals surface area contributed by atoms with Crippen LogP contribution in [0.5, 0.6) is 0 Å². The Hall–Kier alpha value is -1.97. The largest absolute Gasteiger partial charge is 0.465 e. The molecule has 82 valence electrons. The van der Waals surface area contributed by atoms with Crippen molar-refractivity contribution in [1.29, 1.82) is 0 Å². The first-order chi connectivity index (χ1) is 7.74. The van der Waals surface area contributed by atoms with Gasteiger partial charge in [-0.15, -0.1) is 0 Å². The summed E-state index contributed by atoms with van der Waals surface area (Å²) < 4.78 is 4.82. The highest BCUT2D eigenvalue weighted by atomic mass is 16.5. The van der Waals surface area contributed by atoms with Crippen molar-refractivity contribution in [2.24, 2.45) is 10.9 Å². The zero-order valence-corrected chi connectivity index (χ0v) is 8.84. The van der Waals surface area contributed by atoms with E-state index < -0.39 is 11.9 Å². The van der Waals surface area contributed by atoms with Crippen LogP contribution >= 0.6 is 0 Å². The van der Waals surface area contributed by atoms with Crippen LogP contribution in [0.15, 0.2) is 29.3 Å². The summed E-state index contributed by atoms with van der Waals surface area (Å²) in [5.74, 6) is -1.68. The molecule has 1 atom stereocenters. The lowest BCUT2D eigenvalue weighted by Crippen LogP contribution is -2.29. The molecule has 0 amide bonds. The third-order valence-corrected chi connectivity index (χ3v) is 2.36. The molecule has 0 N–H and O–H groups in total. The Kier molecular flexibility index (Phi) is 2.81. The Morgan fingerprint density at radius 3 is 2.94 bits per heavy atom. The molecule has 1 aliphatic heterocycles. The molecule has 0 bridgehead atoms. The van der Waals surface area contributed by atoms with Gasteiger partial charge in [0.15, 0.2) is 11.7 Å². The summed E-state index contributed by atoms with van der Waals surface area (Å²) in [6.45, 7) is 1.97. The fourth-order valence-corrected chi connectivity index (χ4v) is 1.58. The SMILES string of the molecule is CCOC(=O)C1C=Nc2ccccc2C1=O. The number of para-hydroxylation sites is 1. The van der Waals surface area contributed by atoms with Gasteiger partial charge in [0.1, 0.15) is 0 Å². The number of benzene rings is 1. The lowest BCUT2D eigenvalue weighted by molar-refractivity contribution is -0.143. The second-order valence-corrected chi connectivity index (χ2v) is 3.39. The van der Waals surface area contributed by atoms with Gasteiger partial charge in [0.25, 0.3) is 0 Å². The summed E-state index contributed by atoms with van der Waals surface area (Å²) in [5, 5.41) is 0. The van der Waals surface area contributed by atoms with Crippen LogP contribution in [0, 0.1) is 5.92 Å². The molecule has 4 nitrogen and oxygen atoms in total. The van der Waals surface area contributed by atoms with Gasteiger partial charge in [-0.2, -0.15) is 0 Å². The normalized spacial score (nSPS) is 18.1. The average molecular weight is 217 g/mol. The quantitative estimate of drug-likeness (QED) is 0.560. The van der Waals surface area contributed by atoms with Crippen LogP contribution < -0.4 is 0 Å². The lowest BCUT2D eigenvalue weighted by Gasteiger charge is -2.15. The monoisotopic (exact) mass is 217 g/mol. The first-order valence-electron chi connectivity index (χ1n) is 5.08. The van der Waals surface area contributed by atoms with Crippen LogP contribution in [-0.4, -0.2) is 24.6 Å². The Morgan fingerprint density at radius 2 is 2.19 bits per heavy atom. The van der Waals surface area contributed by atoms with Gasteiger partial charge in [0, 0.05) is 11.8 Å². The molecule has 1 aromatic rings. The number of carbonyl (C=O) groups is 2. The number of aliphatic imine (C=N–C) groups is 1. The van der Waals surface area contributed by atoms with Gasteiger partial charge < -0.3 is 4.74 Å². The average Bonchev–Trinajstić information content (AvgIpc) is 2.30. The molecule has 0 saturated carbocycles. The summed E-state index contributed by atoms with van der Waals surface area (Å²) in [5.41, 5.74) is 1.08. The number of nitrogens with zero attached hydrogens (tertiary/aromatic N) is 1. The Balaban J connectivity index is 2.31. The Bertz CT molecular complexity index is 465. The number of fused-ring (bicyclic) bond motifs is 1. The summed E-state index contributed by atoms with van der Waals surface area (Å²) in [6, 6.07) is 6.96. The van der Waals surface area contributed by atoms with E-state index in [9.17, 15) is 9.59 Å². The maximum atomic E-state index is 11.9. The predicted molar refractivity (Wildman–Crippen MR) is 59.0 cm³/mol. The number of esters is 1. The predicted octanol–water partition coefficient (Wildman–Crippen LogP) is 1.76. The standard InChI is InChI=1S/C12H11NO3/c1-2-16-12(15)9-7-13-10-6-4-3-5-8(10)11(9)14/h3-7,9H,2H2,1H3. The summed E-state index contributed by atoms with van der Waals surface area (Å²) in [7, 11) is 0. The van der Waals surface area contributed by atoms with Crippen LogP contribution in [-0.2, 0) is 9.53 Å². The van der Waals surface area contributed by atoms with Gasteiger partial charge >= 0.3 is 5.97 Å². The molecule has 0 radical (unpaired) electrons. The van der Waals surface area contributed by atoms with Crippen molar-refractivity contribution in [2.75, 3.05) is 6.61 Å². The van der Waals surface area contributed by atoms with Gasteiger partial charge in [-0.05, 0) is 19.1 Å². The van der Waals surface area contributed by atoms with E-state index >= 15 is 0 Å². The van der Waals surface area contributed by atoms with Crippen molar-refractivity contribution in [1.82, 2.24) is 0 Å². The third-order valence-electron chi connectivity index (χ3n) is 2.36. The molecule has 1 heterocycles. The molecular weight excluding hydrogens is 206 g/mol. The smallest absolute Gasteiger partial charge is 0.322 e. The first kappa shape index (κ1) is 10.5. The molecule has 0 fully saturated rings. The molecule has 1 unspecified atom stereocenters. The highest BCUT2D eigenvalue weighted by molar-refractivity contribution is 6.22. The minimum Gasteiger partial charge on any atom is -0.465 e. The van der Waals surface area contributed by atoms with Crippen LogP contribution in [0.25, 0.3) is 0 Å². The fourth-order valence-electron chi connectivity index (χ4n) is 1.58. The van der Waals surface area contributed by atoms with Crippen LogP contribution in [0.3, 0.4) is 0 Å². The Morgan fingerprint density at radius 1 is 1.44 bits per heavy atom. The van der Waals surface area contributed by atoms with Crippen LogP contribution in [0.1, 0.15) is 17.3 Å². The molecule has 16 heavy (non-hydrogen) atoms. The number of Topliss-reactive ketones (excluding diaryl/α,β-unsaturated/α-hetero) is 1. The van der Waals surface area contributed by atoms with Crippen molar-refractivity contribution in [2.45, 2.75) is 6.92 Å². The topological polar surface area (TPSA) is 55.7 Å². The number of ether oxygens (including phenoxy) is 1. The maximum Gasteiger partial charge on any atom is 0.322 e. The molecular formula is C12H11NO3. The summed E-state index contributed by atoms with van der Waals surface area (Å²) in [4.78, 5) is 27.5. The first-order valence-corrected chi connectivity index (χ1v) is 5.08. The number of hydrogen-bond acceptors (Lipinski definition) is 4. The maximum absolute atomic E-state index is 11.9. The van der Waals surface area contributed by atoms with Gasteiger partial charge in [-0.25, -0.2) is 0 Å². The molecule has 0 aliphatic carbocycles. The minimum absolute atomic E-state index is 0.246. The molecule has 0 spiro atoms. The highest BCUT2D eigenvalue weighted by Gasteiger charge is 2.31. The summed E-state index contributed by atoms with van der Waals surface area (Å²) in [6.07, 6.45) is 1.35. The van der Waals surface area contributed by atoms with E-state index in [-0.39, 0.29) is 12.4 Å². The van der Waals surface area contributed by atoms with E-state index in [0.29, 0.717) is 11.3 Å². The van der Waals surface area contributed by atoms with Crippen molar-refractivity contribution >= 4 is 23.7 Å². The lowest BCUT2D eigenvalue weighted by atomic mass is 9.95. The minimum atomic E-state index is -0.894. The van der Waals surface area contributed by atoms with Crippen LogP contribution in [0.2, 0.25) is 0 Å². The molecule has 1 aliphatic rings. The van der Waals surface area contributed by atoms with Crippen molar-refractivity contribution < 1.29 is 14.3 Å². The third kappa shape index (κ3) is 1.74. The number of rotatable bonds is 2. The van der Waals surface area contributed by atoms with E-state index in [4.69, 9.17) is 4.74 Å². The van der Waals surface area contributed by atoms with Gasteiger partial charge in [0.2, 0.25) is 0 Å². The molecule has 2 rings (SSSR count). The van der Waals surface area contributed by atoms with E-state index in [0.717, 1.165) is 0 Å². The highest BCUT2D eigenvalue weighted by Crippen LogP contribution is 2.26. The van der Waals surface area contributed by atoms with Gasteiger partial charge in [0.05, 0.1) is 12.3 Å². The molecule has 4 heteroatoms. The van der Waals surface area contributed by atoms with E-state index in [1.165, 1.54) is 6.21 Å².